The number of aromatic nitrogens is 1. The molecule has 0 aliphatic rings. The van der Waals surface area contributed by atoms with E-state index in [1.165, 1.54) is 6.08 Å². The van der Waals surface area contributed by atoms with Gasteiger partial charge in [-0.3, -0.25) is 4.99 Å². The fraction of sp³-hybridized carbons (Fsp3) is 0.0526. The third-order valence-electron chi connectivity index (χ3n) is 3.67. The van der Waals surface area contributed by atoms with Crippen LogP contribution in [0.1, 0.15) is 11.3 Å². The molecule has 3 aromatic rings. The van der Waals surface area contributed by atoms with Crippen LogP contribution in [0.5, 0.6) is 5.75 Å². The Morgan fingerprint density at radius 3 is 2.58 bits per heavy atom. The molecule has 0 radical (unpaired) electrons. The Morgan fingerprint density at radius 2 is 1.88 bits per heavy atom. The maximum absolute atomic E-state index is 10.3. The fourth-order valence-corrected chi connectivity index (χ4v) is 2.41. The molecule has 24 heavy (non-hydrogen) atoms. The lowest BCUT2D eigenvalue weighted by Crippen LogP contribution is -2.14. The highest BCUT2D eigenvalue weighted by atomic mass is 16.3. The molecule has 4 N–H and O–H groups in total. The number of nitrogens with one attached hydrogen (secondary N) is 1. The summed E-state index contributed by atoms with van der Waals surface area (Å²) in [5.41, 5.74) is 8.37. The van der Waals surface area contributed by atoms with Gasteiger partial charge in [-0.25, -0.2) is 0 Å². The Balaban J connectivity index is 1.91. The zero-order chi connectivity index (χ0) is 16.9. The van der Waals surface area contributed by atoms with Crippen LogP contribution < -0.4 is 5.73 Å². The van der Waals surface area contributed by atoms with Gasteiger partial charge in [0.1, 0.15) is 17.7 Å². The summed E-state index contributed by atoms with van der Waals surface area (Å²) >= 11 is 0. The van der Waals surface area contributed by atoms with Gasteiger partial charge in [0.05, 0.1) is 17.8 Å². The van der Waals surface area contributed by atoms with Crippen molar-refractivity contribution in [2.75, 3.05) is 0 Å². The molecule has 5 heteroatoms. The lowest BCUT2D eigenvalue weighted by molar-refractivity contribution is 0.480. The van der Waals surface area contributed by atoms with Crippen molar-refractivity contribution in [3.8, 4) is 11.8 Å². The molecule has 0 fully saturated rings. The second-order valence-corrected chi connectivity index (χ2v) is 5.29. The molecule has 0 spiro atoms. The summed E-state index contributed by atoms with van der Waals surface area (Å²) in [5.74, 6) is 0.230. The van der Waals surface area contributed by atoms with Gasteiger partial charge >= 0.3 is 0 Å². The standard InChI is InChI=1S/C19H16N4O/c20-11-14(19(21)22-12-13-6-2-1-3-7-13)10-17-18(24)15-8-4-5-9-16(15)23-17/h1-10,23-24H,12H2,(H2,21,22). The number of nitrogens with two attached hydrogens (primary N) is 1. The first-order valence-electron chi connectivity index (χ1n) is 7.44. The van der Waals surface area contributed by atoms with Crippen LogP contribution in [0.2, 0.25) is 0 Å². The first-order valence-corrected chi connectivity index (χ1v) is 7.44. The van der Waals surface area contributed by atoms with Crippen LogP contribution in [0.3, 0.4) is 0 Å². The van der Waals surface area contributed by atoms with E-state index in [4.69, 9.17) is 5.73 Å². The van der Waals surface area contributed by atoms with Crippen LogP contribution in [0.25, 0.3) is 17.0 Å². The second kappa shape index (κ2) is 6.71. The largest absolute Gasteiger partial charge is 0.505 e. The molecule has 5 nitrogen and oxygen atoms in total. The van der Waals surface area contributed by atoms with E-state index in [9.17, 15) is 10.4 Å². The minimum atomic E-state index is 0.0919. The SMILES string of the molecule is N#CC(=Cc1[nH]c2ccccc2c1O)C(N)=NCc1ccccc1. The van der Waals surface area contributed by atoms with Crippen molar-refractivity contribution in [2.45, 2.75) is 6.54 Å². The van der Waals surface area contributed by atoms with E-state index in [1.54, 1.807) is 6.07 Å². The number of fused-ring (bicyclic) bond motifs is 1. The van der Waals surface area contributed by atoms with E-state index in [2.05, 4.69) is 9.98 Å². The van der Waals surface area contributed by atoms with Crippen LogP contribution in [-0.4, -0.2) is 15.9 Å². The quantitative estimate of drug-likeness (QED) is 0.391. The van der Waals surface area contributed by atoms with E-state index in [1.807, 2.05) is 54.6 Å². The molecule has 0 aliphatic carbocycles. The summed E-state index contributed by atoms with van der Waals surface area (Å²) in [5, 5.41) is 20.3. The van der Waals surface area contributed by atoms with Gasteiger partial charge in [0, 0.05) is 10.9 Å². The summed E-state index contributed by atoms with van der Waals surface area (Å²) in [7, 11) is 0. The van der Waals surface area contributed by atoms with Gasteiger partial charge in [0.2, 0.25) is 0 Å². The van der Waals surface area contributed by atoms with Crippen molar-refractivity contribution in [1.82, 2.24) is 4.98 Å². The van der Waals surface area contributed by atoms with Crippen molar-refractivity contribution in [1.29, 1.82) is 5.26 Å². The number of nitriles is 1. The zero-order valence-electron chi connectivity index (χ0n) is 12.9. The number of rotatable bonds is 4. The highest BCUT2D eigenvalue weighted by Gasteiger charge is 2.10. The van der Waals surface area contributed by atoms with Crippen LogP contribution in [-0.2, 0) is 6.54 Å². The minimum Gasteiger partial charge on any atom is -0.505 e. The van der Waals surface area contributed by atoms with Gasteiger partial charge in [-0.15, -0.1) is 0 Å². The summed E-state index contributed by atoms with van der Waals surface area (Å²) < 4.78 is 0. The zero-order valence-corrected chi connectivity index (χ0v) is 12.9. The maximum atomic E-state index is 10.3. The number of hydrogen-bond acceptors (Lipinski definition) is 3. The smallest absolute Gasteiger partial charge is 0.148 e. The molecular formula is C19H16N4O. The van der Waals surface area contributed by atoms with Crippen molar-refractivity contribution >= 4 is 22.8 Å². The second-order valence-electron chi connectivity index (χ2n) is 5.29. The molecule has 1 heterocycles. The van der Waals surface area contributed by atoms with Gasteiger partial charge in [-0.1, -0.05) is 42.5 Å². The Hall–Kier alpha value is -3.52. The molecule has 0 bridgehead atoms. The van der Waals surface area contributed by atoms with Crippen LogP contribution in [0, 0.1) is 11.3 Å². The van der Waals surface area contributed by atoms with Crippen molar-refractivity contribution < 1.29 is 5.11 Å². The van der Waals surface area contributed by atoms with Crippen molar-refractivity contribution in [3.05, 3.63) is 71.4 Å². The fourth-order valence-electron chi connectivity index (χ4n) is 2.41. The normalized spacial score (nSPS) is 12.3. The Bertz CT molecular complexity index is 962. The third kappa shape index (κ3) is 3.13. The monoisotopic (exact) mass is 316 g/mol. The number of hydrogen-bond donors (Lipinski definition) is 3. The van der Waals surface area contributed by atoms with Crippen molar-refractivity contribution in [2.24, 2.45) is 10.7 Å². The van der Waals surface area contributed by atoms with Gasteiger partial charge < -0.3 is 15.8 Å². The van der Waals surface area contributed by atoms with Gasteiger partial charge in [-0.2, -0.15) is 5.26 Å². The van der Waals surface area contributed by atoms with Crippen LogP contribution in [0.4, 0.5) is 0 Å². The first kappa shape index (κ1) is 15.4. The number of amidine groups is 1. The van der Waals surface area contributed by atoms with Crippen LogP contribution >= 0.6 is 0 Å². The molecule has 0 aliphatic heterocycles. The highest BCUT2D eigenvalue weighted by molar-refractivity contribution is 6.05. The summed E-state index contributed by atoms with van der Waals surface area (Å²) in [6.07, 6.45) is 1.51. The molecular weight excluding hydrogens is 300 g/mol. The third-order valence-corrected chi connectivity index (χ3v) is 3.67. The average Bonchev–Trinajstić information content (AvgIpc) is 2.94. The molecule has 2 aromatic carbocycles. The van der Waals surface area contributed by atoms with Gasteiger partial charge in [-0.05, 0) is 23.8 Å². The lowest BCUT2D eigenvalue weighted by atomic mass is 10.2. The first-order chi connectivity index (χ1) is 11.7. The molecule has 0 saturated heterocycles. The van der Waals surface area contributed by atoms with E-state index in [-0.39, 0.29) is 17.2 Å². The summed E-state index contributed by atoms with van der Waals surface area (Å²) in [6.45, 7) is 0.393. The number of aromatic hydroxyl groups is 1. The Morgan fingerprint density at radius 1 is 1.17 bits per heavy atom. The molecule has 0 unspecified atom stereocenters. The van der Waals surface area contributed by atoms with Crippen molar-refractivity contribution in [3.63, 3.8) is 0 Å². The number of para-hydroxylation sites is 1. The molecule has 0 amide bonds. The van der Waals surface area contributed by atoms with E-state index in [0.717, 1.165) is 11.1 Å². The van der Waals surface area contributed by atoms with E-state index < -0.39 is 0 Å². The molecule has 118 valence electrons. The Kier molecular flexibility index (Phi) is 4.30. The summed E-state index contributed by atoms with van der Waals surface area (Å²) in [6, 6.07) is 19.0. The van der Waals surface area contributed by atoms with Gasteiger partial charge in [0.15, 0.2) is 0 Å². The molecule has 3 rings (SSSR count). The Labute approximate surface area is 139 Å². The molecule has 0 saturated carbocycles. The molecule has 0 atom stereocenters. The van der Waals surface area contributed by atoms with E-state index in [0.29, 0.717) is 17.6 Å². The number of H-pyrrole nitrogens is 1. The predicted molar refractivity (Wildman–Crippen MR) is 95.3 cm³/mol. The van der Waals surface area contributed by atoms with Crippen LogP contribution in [0.15, 0.2) is 65.2 Å². The highest BCUT2D eigenvalue weighted by Crippen LogP contribution is 2.29. The average molecular weight is 316 g/mol. The number of nitrogens with zero attached hydrogens (tertiary/aromatic N) is 2. The topological polar surface area (TPSA) is 98.2 Å². The predicted octanol–water partition coefficient (Wildman–Crippen LogP) is 3.34. The molecule has 1 aromatic heterocycles. The maximum Gasteiger partial charge on any atom is 0.148 e. The van der Waals surface area contributed by atoms with Gasteiger partial charge in [0.25, 0.3) is 0 Å². The lowest BCUT2D eigenvalue weighted by Gasteiger charge is -2.00. The minimum absolute atomic E-state index is 0.0919. The van der Waals surface area contributed by atoms with E-state index >= 15 is 0 Å². The number of benzene rings is 2. The summed E-state index contributed by atoms with van der Waals surface area (Å²) in [4.78, 5) is 7.32. The number of aliphatic imine (C=N–C) groups is 1. The number of aromatic amines is 1.